The smallest absolute Gasteiger partial charge is 0.258 e. The SMILES string of the molecule is CCN(C(=O)c1ccc(NN)c(C)c1)c1ccc(F)cc1. The second-order valence-corrected chi connectivity index (χ2v) is 4.70. The van der Waals surface area contributed by atoms with E-state index >= 15 is 0 Å². The number of benzene rings is 2. The van der Waals surface area contributed by atoms with Crippen LogP contribution in [0.2, 0.25) is 0 Å². The molecular formula is C16H18FN3O. The second-order valence-electron chi connectivity index (χ2n) is 4.70. The number of anilines is 2. The molecule has 0 aliphatic carbocycles. The summed E-state index contributed by atoms with van der Waals surface area (Å²) in [4.78, 5) is 14.2. The predicted molar refractivity (Wildman–Crippen MR) is 82.7 cm³/mol. The molecule has 110 valence electrons. The van der Waals surface area contributed by atoms with Gasteiger partial charge in [0.05, 0.1) is 5.69 Å². The highest BCUT2D eigenvalue weighted by Gasteiger charge is 2.16. The molecule has 0 atom stereocenters. The molecule has 21 heavy (non-hydrogen) atoms. The number of rotatable bonds is 4. The Balaban J connectivity index is 2.32. The molecule has 0 radical (unpaired) electrons. The average molecular weight is 287 g/mol. The maximum atomic E-state index is 13.0. The summed E-state index contributed by atoms with van der Waals surface area (Å²) in [7, 11) is 0. The summed E-state index contributed by atoms with van der Waals surface area (Å²) in [6.45, 7) is 4.25. The van der Waals surface area contributed by atoms with Gasteiger partial charge in [0.1, 0.15) is 5.82 Å². The number of hydrogen-bond acceptors (Lipinski definition) is 3. The van der Waals surface area contributed by atoms with E-state index in [1.165, 1.54) is 12.1 Å². The molecule has 0 aliphatic rings. The normalized spacial score (nSPS) is 10.3. The minimum Gasteiger partial charge on any atom is -0.324 e. The Morgan fingerprint density at radius 3 is 2.43 bits per heavy atom. The van der Waals surface area contributed by atoms with Crippen LogP contribution in [0.5, 0.6) is 0 Å². The van der Waals surface area contributed by atoms with E-state index in [9.17, 15) is 9.18 Å². The van der Waals surface area contributed by atoms with Crippen molar-refractivity contribution in [3.63, 3.8) is 0 Å². The summed E-state index contributed by atoms with van der Waals surface area (Å²) >= 11 is 0. The summed E-state index contributed by atoms with van der Waals surface area (Å²) in [5.74, 6) is 4.94. The van der Waals surface area contributed by atoms with Gasteiger partial charge in [-0.05, 0) is 61.9 Å². The van der Waals surface area contributed by atoms with Crippen LogP contribution in [0, 0.1) is 12.7 Å². The van der Waals surface area contributed by atoms with Crippen LogP contribution in [0.25, 0.3) is 0 Å². The first kappa shape index (κ1) is 15.0. The number of nitrogen functional groups attached to an aromatic ring is 1. The number of hydrazine groups is 1. The van der Waals surface area contributed by atoms with Crippen molar-refractivity contribution >= 4 is 17.3 Å². The van der Waals surface area contributed by atoms with Crippen LogP contribution in [0.1, 0.15) is 22.8 Å². The van der Waals surface area contributed by atoms with Crippen LogP contribution in [-0.4, -0.2) is 12.5 Å². The zero-order valence-electron chi connectivity index (χ0n) is 12.1. The lowest BCUT2D eigenvalue weighted by Crippen LogP contribution is -2.30. The summed E-state index contributed by atoms with van der Waals surface area (Å²) < 4.78 is 13.0. The summed E-state index contributed by atoms with van der Waals surface area (Å²) in [5, 5.41) is 0. The number of halogens is 1. The third-order valence-corrected chi connectivity index (χ3v) is 3.33. The maximum absolute atomic E-state index is 13.0. The Hall–Kier alpha value is -2.40. The van der Waals surface area contributed by atoms with Gasteiger partial charge in [-0.2, -0.15) is 0 Å². The quantitative estimate of drug-likeness (QED) is 0.671. The molecule has 4 nitrogen and oxygen atoms in total. The van der Waals surface area contributed by atoms with Gasteiger partial charge < -0.3 is 10.3 Å². The molecule has 0 aromatic heterocycles. The molecule has 3 N–H and O–H groups in total. The minimum atomic E-state index is -0.323. The van der Waals surface area contributed by atoms with Crippen LogP contribution in [-0.2, 0) is 0 Å². The van der Waals surface area contributed by atoms with Crippen LogP contribution in [0.3, 0.4) is 0 Å². The molecular weight excluding hydrogens is 269 g/mol. The molecule has 0 bridgehead atoms. The molecule has 0 spiro atoms. The molecule has 0 saturated carbocycles. The van der Waals surface area contributed by atoms with Crippen LogP contribution in [0.15, 0.2) is 42.5 Å². The monoisotopic (exact) mass is 287 g/mol. The van der Waals surface area contributed by atoms with Gasteiger partial charge in [0, 0.05) is 17.8 Å². The number of aryl methyl sites for hydroxylation is 1. The molecule has 0 heterocycles. The van der Waals surface area contributed by atoms with Gasteiger partial charge in [0.2, 0.25) is 0 Å². The molecule has 2 rings (SSSR count). The molecule has 0 fully saturated rings. The van der Waals surface area contributed by atoms with Gasteiger partial charge >= 0.3 is 0 Å². The van der Waals surface area contributed by atoms with Gasteiger partial charge in [-0.1, -0.05) is 0 Å². The van der Waals surface area contributed by atoms with Crippen molar-refractivity contribution < 1.29 is 9.18 Å². The van der Waals surface area contributed by atoms with Gasteiger partial charge in [-0.25, -0.2) is 4.39 Å². The molecule has 2 aromatic rings. The first-order chi connectivity index (χ1) is 10.1. The van der Waals surface area contributed by atoms with Gasteiger partial charge in [-0.3, -0.25) is 10.6 Å². The fourth-order valence-corrected chi connectivity index (χ4v) is 2.18. The van der Waals surface area contributed by atoms with Gasteiger partial charge in [0.25, 0.3) is 5.91 Å². The highest BCUT2D eigenvalue weighted by atomic mass is 19.1. The van der Waals surface area contributed by atoms with Crippen LogP contribution >= 0.6 is 0 Å². The number of hydrogen-bond donors (Lipinski definition) is 2. The Bertz CT molecular complexity index is 640. The molecule has 2 aromatic carbocycles. The van der Waals surface area contributed by atoms with Crippen molar-refractivity contribution in [1.29, 1.82) is 0 Å². The van der Waals surface area contributed by atoms with Gasteiger partial charge in [-0.15, -0.1) is 0 Å². The highest BCUT2D eigenvalue weighted by molar-refractivity contribution is 6.06. The Kier molecular flexibility index (Phi) is 4.55. The summed E-state index contributed by atoms with van der Waals surface area (Å²) in [6.07, 6.45) is 0. The van der Waals surface area contributed by atoms with Crippen molar-refractivity contribution in [3.05, 3.63) is 59.4 Å². The largest absolute Gasteiger partial charge is 0.324 e. The molecule has 5 heteroatoms. The molecule has 1 amide bonds. The van der Waals surface area contributed by atoms with E-state index in [1.54, 1.807) is 35.2 Å². The Morgan fingerprint density at radius 1 is 1.24 bits per heavy atom. The summed E-state index contributed by atoms with van der Waals surface area (Å²) in [5.41, 5.74) is 5.47. The van der Waals surface area contributed by atoms with Crippen LogP contribution < -0.4 is 16.2 Å². The van der Waals surface area contributed by atoms with Gasteiger partial charge in [0.15, 0.2) is 0 Å². The van der Waals surface area contributed by atoms with Crippen molar-refractivity contribution in [2.75, 3.05) is 16.9 Å². The molecule has 0 aliphatic heterocycles. The van der Waals surface area contributed by atoms with E-state index in [0.717, 1.165) is 11.3 Å². The highest BCUT2D eigenvalue weighted by Crippen LogP contribution is 2.20. The first-order valence-corrected chi connectivity index (χ1v) is 6.71. The van der Waals surface area contributed by atoms with Crippen molar-refractivity contribution in [2.24, 2.45) is 5.84 Å². The number of carbonyl (C=O) groups is 1. The van der Waals surface area contributed by atoms with E-state index in [4.69, 9.17) is 5.84 Å². The number of nitrogens with two attached hydrogens (primary N) is 1. The van der Waals surface area contributed by atoms with Crippen molar-refractivity contribution in [2.45, 2.75) is 13.8 Å². The second kappa shape index (κ2) is 6.37. The van der Waals surface area contributed by atoms with E-state index in [2.05, 4.69) is 5.43 Å². The zero-order valence-corrected chi connectivity index (χ0v) is 12.1. The van der Waals surface area contributed by atoms with Crippen molar-refractivity contribution in [3.8, 4) is 0 Å². The topological polar surface area (TPSA) is 58.4 Å². The van der Waals surface area contributed by atoms with Crippen LogP contribution in [0.4, 0.5) is 15.8 Å². The van der Waals surface area contributed by atoms with E-state index < -0.39 is 0 Å². The van der Waals surface area contributed by atoms with E-state index in [0.29, 0.717) is 17.8 Å². The molecule has 0 unspecified atom stereocenters. The fraction of sp³-hybridized carbons (Fsp3) is 0.188. The van der Waals surface area contributed by atoms with E-state index in [1.807, 2.05) is 13.8 Å². The van der Waals surface area contributed by atoms with E-state index in [-0.39, 0.29) is 11.7 Å². The Labute approximate surface area is 123 Å². The fourth-order valence-electron chi connectivity index (χ4n) is 2.18. The maximum Gasteiger partial charge on any atom is 0.258 e. The minimum absolute atomic E-state index is 0.129. The number of nitrogens with one attached hydrogen (secondary N) is 1. The first-order valence-electron chi connectivity index (χ1n) is 6.71. The molecule has 0 saturated heterocycles. The third-order valence-electron chi connectivity index (χ3n) is 3.33. The average Bonchev–Trinajstić information content (AvgIpc) is 2.49. The predicted octanol–water partition coefficient (Wildman–Crippen LogP) is 3.09. The lowest BCUT2D eigenvalue weighted by atomic mass is 10.1. The zero-order chi connectivity index (χ0) is 15.4. The standard InChI is InChI=1S/C16H18FN3O/c1-3-20(14-7-5-13(17)6-8-14)16(21)12-4-9-15(19-18)11(2)10-12/h4-10,19H,3,18H2,1-2H3. The summed E-state index contributed by atoms with van der Waals surface area (Å²) in [6, 6.07) is 11.1. The number of amides is 1. The third kappa shape index (κ3) is 3.20. The lowest BCUT2D eigenvalue weighted by Gasteiger charge is -2.21. The number of nitrogens with zero attached hydrogens (tertiary/aromatic N) is 1. The Morgan fingerprint density at radius 2 is 1.90 bits per heavy atom. The van der Waals surface area contributed by atoms with Crippen molar-refractivity contribution in [1.82, 2.24) is 0 Å². The number of carbonyl (C=O) groups excluding carboxylic acids is 1. The lowest BCUT2D eigenvalue weighted by molar-refractivity contribution is 0.0988.